The SMILES string of the molecule is CC(C)(CCCCSc1ccc(CNCCCP(=O)(O)O)nc1)c1ccccc1. The van der Waals surface area contributed by atoms with E-state index in [2.05, 4.69) is 60.5 Å². The van der Waals surface area contributed by atoms with E-state index in [0.717, 1.165) is 11.4 Å². The first-order chi connectivity index (χ1) is 13.8. The third-order valence-electron chi connectivity index (χ3n) is 4.93. The largest absolute Gasteiger partial charge is 0.325 e. The van der Waals surface area contributed by atoms with Crippen LogP contribution in [0.4, 0.5) is 0 Å². The number of rotatable bonds is 13. The predicted molar refractivity (Wildman–Crippen MR) is 122 cm³/mol. The van der Waals surface area contributed by atoms with Crippen molar-refractivity contribution in [2.45, 2.75) is 56.4 Å². The van der Waals surface area contributed by atoms with Gasteiger partial charge in [-0.25, -0.2) is 0 Å². The quantitative estimate of drug-likeness (QED) is 0.233. The molecule has 1 aromatic carbocycles. The minimum atomic E-state index is -3.88. The molecular formula is C22H33N2O3PS. The van der Waals surface area contributed by atoms with E-state index in [0.29, 0.717) is 19.5 Å². The van der Waals surface area contributed by atoms with Gasteiger partial charge in [-0.15, -0.1) is 11.8 Å². The van der Waals surface area contributed by atoms with Crippen LogP contribution in [-0.4, -0.2) is 33.2 Å². The van der Waals surface area contributed by atoms with E-state index in [1.54, 1.807) is 0 Å². The van der Waals surface area contributed by atoms with Gasteiger partial charge in [-0.2, -0.15) is 0 Å². The van der Waals surface area contributed by atoms with E-state index >= 15 is 0 Å². The van der Waals surface area contributed by atoms with Crippen LogP contribution in [0, 0.1) is 0 Å². The van der Waals surface area contributed by atoms with Gasteiger partial charge in [0.1, 0.15) is 0 Å². The molecule has 2 aromatic rings. The lowest BCUT2D eigenvalue weighted by atomic mass is 9.80. The van der Waals surface area contributed by atoms with Crippen molar-refractivity contribution in [2.24, 2.45) is 0 Å². The molecule has 1 aromatic heterocycles. The van der Waals surface area contributed by atoms with Gasteiger partial charge in [0.25, 0.3) is 0 Å². The van der Waals surface area contributed by atoms with Crippen LogP contribution in [0.15, 0.2) is 53.6 Å². The summed E-state index contributed by atoms with van der Waals surface area (Å²) >= 11 is 1.84. The van der Waals surface area contributed by atoms with Crippen LogP contribution in [0.25, 0.3) is 0 Å². The van der Waals surface area contributed by atoms with Crippen molar-refractivity contribution < 1.29 is 14.4 Å². The molecule has 2 rings (SSSR count). The van der Waals surface area contributed by atoms with E-state index in [-0.39, 0.29) is 11.6 Å². The van der Waals surface area contributed by atoms with Gasteiger partial charge in [-0.05, 0) is 54.7 Å². The van der Waals surface area contributed by atoms with Gasteiger partial charge < -0.3 is 15.1 Å². The highest BCUT2D eigenvalue weighted by atomic mass is 32.2. The lowest BCUT2D eigenvalue weighted by Crippen LogP contribution is -2.16. The fourth-order valence-electron chi connectivity index (χ4n) is 3.12. The Bertz CT molecular complexity index is 763. The molecular weight excluding hydrogens is 403 g/mol. The summed E-state index contributed by atoms with van der Waals surface area (Å²) in [5.41, 5.74) is 2.56. The number of benzene rings is 1. The highest BCUT2D eigenvalue weighted by Crippen LogP contribution is 2.34. The average molecular weight is 437 g/mol. The molecule has 0 aliphatic rings. The zero-order valence-corrected chi connectivity index (χ0v) is 19.1. The van der Waals surface area contributed by atoms with E-state index in [1.807, 2.05) is 24.0 Å². The molecule has 5 nitrogen and oxygen atoms in total. The molecule has 0 saturated carbocycles. The molecule has 0 unspecified atom stereocenters. The maximum atomic E-state index is 10.8. The molecule has 160 valence electrons. The summed E-state index contributed by atoms with van der Waals surface area (Å²) in [5, 5.41) is 3.17. The Hall–Kier alpha value is -1.17. The van der Waals surface area contributed by atoms with Crippen molar-refractivity contribution in [3.05, 3.63) is 59.9 Å². The van der Waals surface area contributed by atoms with Crippen LogP contribution in [0.5, 0.6) is 0 Å². The second-order valence-corrected chi connectivity index (χ2v) is 10.9. The molecule has 0 radical (unpaired) electrons. The first-order valence-corrected chi connectivity index (χ1v) is 12.9. The lowest BCUT2D eigenvalue weighted by Gasteiger charge is -2.25. The van der Waals surface area contributed by atoms with E-state index in [9.17, 15) is 4.57 Å². The number of hydrogen-bond donors (Lipinski definition) is 3. The Morgan fingerprint density at radius 2 is 1.83 bits per heavy atom. The molecule has 0 aliphatic carbocycles. The molecule has 7 heteroatoms. The Morgan fingerprint density at radius 1 is 1.07 bits per heavy atom. The summed E-state index contributed by atoms with van der Waals surface area (Å²) in [4.78, 5) is 23.3. The molecule has 0 fully saturated rings. The molecule has 0 spiro atoms. The van der Waals surface area contributed by atoms with Gasteiger partial charge in [0.15, 0.2) is 0 Å². The summed E-state index contributed by atoms with van der Waals surface area (Å²) in [5.74, 6) is 1.09. The zero-order chi connectivity index (χ0) is 21.2. The van der Waals surface area contributed by atoms with Crippen molar-refractivity contribution in [1.82, 2.24) is 10.3 Å². The third-order valence-corrected chi connectivity index (χ3v) is 6.89. The second-order valence-electron chi connectivity index (χ2n) is 7.96. The number of pyridine rings is 1. The molecule has 0 aliphatic heterocycles. The molecule has 0 bridgehead atoms. The maximum absolute atomic E-state index is 10.8. The van der Waals surface area contributed by atoms with Gasteiger partial charge >= 0.3 is 7.60 Å². The van der Waals surface area contributed by atoms with Crippen LogP contribution in [0.2, 0.25) is 0 Å². The van der Waals surface area contributed by atoms with E-state index in [1.165, 1.54) is 29.7 Å². The first-order valence-electron chi connectivity index (χ1n) is 10.1. The predicted octanol–water partition coefficient (Wildman–Crippen LogP) is 4.98. The number of thioether (sulfide) groups is 1. The highest BCUT2D eigenvalue weighted by molar-refractivity contribution is 7.99. The number of unbranched alkanes of at least 4 members (excludes halogenated alkanes) is 1. The van der Waals surface area contributed by atoms with Crippen molar-refractivity contribution in [3.63, 3.8) is 0 Å². The monoisotopic (exact) mass is 436 g/mol. The zero-order valence-electron chi connectivity index (χ0n) is 17.4. The van der Waals surface area contributed by atoms with Crippen molar-refractivity contribution in [2.75, 3.05) is 18.5 Å². The van der Waals surface area contributed by atoms with Gasteiger partial charge in [0.05, 0.1) is 11.9 Å². The normalized spacial score (nSPS) is 12.3. The smallest absolute Gasteiger partial charge is 0.324 e. The van der Waals surface area contributed by atoms with Gasteiger partial charge in [-0.3, -0.25) is 9.55 Å². The van der Waals surface area contributed by atoms with Crippen molar-refractivity contribution in [1.29, 1.82) is 0 Å². The summed E-state index contributed by atoms with van der Waals surface area (Å²) in [7, 11) is -3.88. The van der Waals surface area contributed by atoms with E-state index in [4.69, 9.17) is 9.79 Å². The summed E-state index contributed by atoms with van der Waals surface area (Å²) in [6.07, 6.45) is 5.86. The minimum Gasteiger partial charge on any atom is -0.324 e. The first kappa shape index (κ1) is 24.1. The lowest BCUT2D eigenvalue weighted by molar-refractivity contribution is 0.371. The number of nitrogens with zero attached hydrogens (tertiary/aromatic N) is 1. The van der Waals surface area contributed by atoms with Gasteiger partial charge in [-0.1, -0.05) is 50.6 Å². The van der Waals surface area contributed by atoms with Gasteiger partial charge in [0.2, 0.25) is 0 Å². The molecule has 3 N–H and O–H groups in total. The topological polar surface area (TPSA) is 82.5 Å². The fourth-order valence-corrected chi connectivity index (χ4v) is 4.57. The molecule has 0 atom stereocenters. The molecule has 1 heterocycles. The number of aromatic nitrogens is 1. The van der Waals surface area contributed by atoms with Crippen LogP contribution in [-0.2, 0) is 16.5 Å². The minimum absolute atomic E-state index is 0.0778. The number of hydrogen-bond acceptors (Lipinski definition) is 4. The molecule has 0 amide bonds. The van der Waals surface area contributed by atoms with Gasteiger partial charge in [0, 0.05) is 17.6 Å². The Balaban J connectivity index is 1.61. The molecule has 29 heavy (non-hydrogen) atoms. The van der Waals surface area contributed by atoms with E-state index < -0.39 is 7.60 Å². The summed E-state index contributed by atoms with van der Waals surface area (Å²) in [6, 6.07) is 14.8. The Morgan fingerprint density at radius 3 is 2.48 bits per heavy atom. The average Bonchev–Trinajstić information content (AvgIpc) is 2.68. The Kier molecular flexibility index (Phi) is 9.87. The molecule has 0 saturated heterocycles. The van der Waals surface area contributed by atoms with Crippen LogP contribution >= 0.6 is 19.4 Å². The third kappa shape index (κ3) is 9.92. The maximum Gasteiger partial charge on any atom is 0.325 e. The Labute approximate surface area is 178 Å². The summed E-state index contributed by atoms with van der Waals surface area (Å²) < 4.78 is 10.8. The summed E-state index contributed by atoms with van der Waals surface area (Å²) in [6.45, 7) is 5.82. The standard InChI is InChI=1S/C22H33N2O3PS/c1-22(2,19-9-4-3-5-10-19)13-6-7-16-29-21-12-11-20(24-18-21)17-23-14-8-15-28(25,26)27/h3-5,9-12,18,23H,6-8,13-17H2,1-2H3,(H2,25,26,27). The number of nitrogens with one attached hydrogen (secondary N) is 1. The van der Waals surface area contributed by atoms with Crippen molar-refractivity contribution in [3.8, 4) is 0 Å². The van der Waals surface area contributed by atoms with Crippen molar-refractivity contribution >= 4 is 19.4 Å². The highest BCUT2D eigenvalue weighted by Gasteiger charge is 2.19. The van der Waals surface area contributed by atoms with Crippen LogP contribution in [0.3, 0.4) is 0 Å². The van der Waals surface area contributed by atoms with Crippen LogP contribution < -0.4 is 5.32 Å². The fraction of sp³-hybridized carbons (Fsp3) is 0.500. The van der Waals surface area contributed by atoms with Crippen LogP contribution in [0.1, 0.15) is 50.8 Å². The second kappa shape index (κ2) is 11.9.